The third-order valence-electron chi connectivity index (χ3n) is 4.14. The summed E-state index contributed by atoms with van der Waals surface area (Å²) in [6.45, 7) is 3.50. The van der Waals surface area contributed by atoms with Crippen molar-refractivity contribution in [1.29, 1.82) is 0 Å². The fraction of sp³-hybridized carbons (Fsp3) is 0.250. The molecule has 0 aliphatic heterocycles. The van der Waals surface area contributed by atoms with Crippen LogP contribution in [0.4, 0.5) is 0 Å². The van der Waals surface area contributed by atoms with E-state index in [1.54, 1.807) is 30.2 Å². The van der Waals surface area contributed by atoms with Crippen molar-refractivity contribution in [1.82, 2.24) is 20.0 Å². The number of hydrogen-bond acceptors (Lipinski definition) is 4. The molecule has 1 N–H and O–H groups in total. The zero-order valence-corrected chi connectivity index (χ0v) is 16.4. The molecule has 7 heteroatoms. The van der Waals surface area contributed by atoms with E-state index in [9.17, 15) is 9.59 Å². The predicted molar refractivity (Wildman–Crippen MR) is 107 cm³/mol. The minimum atomic E-state index is -0.568. The highest BCUT2D eigenvalue weighted by Gasteiger charge is 2.21. The number of aromatic nitrogens is 2. The number of thiophene rings is 1. The van der Waals surface area contributed by atoms with Crippen LogP contribution in [0.2, 0.25) is 0 Å². The molecule has 0 fully saturated rings. The maximum atomic E-state index is 12.5. The molecule has 0 aliphatic carbocycles. The molecule has 2 heterocycles. The van der Waals surface area contributed by atoms with E-state index in [1.807, 2.05) is 58.7 Å². The van der Waals surface area contributed by atoms with Crippen molar-refractivity contribution in [2.24, 2.45) is 0 Å². The molecule has 3 rings (SSSR count). The first-order valence-electron chi connectivity index (χ1n) is 8.65. The maximum Gasteiger partial charge on any atom is 0.244 e. The lowest BCUT2D eigenvalue weighted by Gasteiger charge is -2.21. The molecule has 2 aromatic heterocycles. The van der Waals surface area contributed by atoms with Gasteiger partial charge in [0, 0.05) is 32.3 Å². The summed E-state index contributed by atoms with van der Waals surface area (Å²) in [6.07, 6.45) is 1.96. The van der Waals surface area contributed by atoms with Crippen molar-refractivity contribution >= 4 is 23.2 Å². The lowest BCUT2D eigenvalue weighted by Crippen LogP contribution is -2.44. The van der Waals surface area contributed by atoms with Crippen LogP contribution < -0.4 is 5.32 Å². The Kier molecular flexibility index (Phi) is 5.71. The number of hydrogen-bond donors (Lipinski definition) is 1. The highest BCUT2D eigenvalue weighted by Crippen LogP contribution is 2.28. The highest BCUT2D eigenvalue weighted by molar-refractivity contribution is 7.13. The Bertz CT molecular complexity index is 919. The Hall–Kier alpha value is -2.93. The molecule has 0 bridgehead atoms. The number of nitrogens with one attached hydrogen (secondary N) is 1. The Morgan fingerprint density at radius 3 is 2.59 bits per heavy atom. The summed E-state index contributed by atoms with van der Waals surface area (Å²) in [7, 11) is 1.73. The summed E-state index contributed by atoms with van der Waals surface area (Å²) in [6, 6.07) is 13.3. The number of likely N-dealkylation sites (N-methyl/N-ethyl adjacent to an activating group) is 1. The second-order valence-corrected chi connectivity index (χ2v) is 7.32. The summed E-state index contributed by atoms with van der Waals surface area (Å²) < 4.78 is 1.83. The summed E-state index contributed by atoms with van der Waals surface area (Å²) in [5.74, 6) is -0.366. The molecule has 6 nitrogen and oxygen atoms in total. The van der Waals surface area contributed by atoms with Crippen LogP contribution in [0.1, 0.15) is 19.4 Å². The molecule has 140 valence electrons. The van der Waals surface area contributed by atoms with Crippen LogP contribution in [-0.2, 0) is 16.1 Å². The molecule has 1 unspecified atom stereocenters. The average molecular weight is 382 g/mol. The van der Waals surface area contributed by atoms with Gasteiger partial charge in [0.15, 0.2) is 0 Å². The van der Waals surface area contributed by atoms with Crippen molar-refractivity contribution in [3.05, 3.63) is 59.6 Å². The predicted octanol–water partition coefficient (Wildman–Crippen LogP) is 3.08. The van der Waals surface area contributed by atoms with E-state index in [-0.39, 0.29) is 11.8 Å². The molecule has 0 aliphatic rings. The van der Waals surface area contributed by atoms with Crippen molar-refractivity contribution in [2.45, 2.75) is 26.4 Å². The molecule has 2 amide bonds. The molecule has 0 radical (unpaired) electrons. The first-order valence-corrected chi connectivity index (χ1v) is 9.53. The molecule has 1 atom stereocenters. The number of amides is 2. The third-order valence-corrected chi connectivity index (χ3v) is 5.02. The number of rotatable bonds is 6. The minimum absolute atomic E-state index is 0.144. The number of benzene rings is 1. The van der Waals surface area contributed by atoms with Crippen molar-refractivity contribution < 1.29 is 9.59 Å². The van der Waals surface area contributed by atoms with Crippen LogP contribution in [0.5, 0.6) is 0 Å². The molecule has 1 aromatic carbocycles. The first-order chi connectivity index (χ1) is 13.0. The van der Waals surface area contributed by atoms with Gasteiger partial charge in [-0.25, -0.2) is 4.68 Å². The topological polar surface area (TPSA) is 67.2 Å². The van der Waals surface area contributed by atoms with Gasteiger partial charge in [-0.15, -0.1) is 11.3 Å². The lowest BCUT2D eigenvalue weighted by molar-refractivity contribution is -0.134. The van der Waals surface area contributed by atoms with Crippen LogP contribution in [0.3, 0.4) is 0 Å². The van der Waals surface area contributed by atoms with Gasteiger partial charge in [-0.2, -0.15) is 5.10 Å². The standard InChI is InChI=1S/C20H22N4O2S/c1-14(21-15(2)25)20(26)23(3)12-16-13-24(17-8-5-4-6-9-17)22-19(16)18-10-7-11-27-18/h4-11,13-14H,12H2,1-3H3,(H,21,25). The van der Waals surface area contributed by atoms with E-state index in [0.717, 1.165) is 21.8 Å². The number of carbonyl (C=O) groups excluding carboxylic acids is 2. The van der Waals surface area contributed by atoms with Crippen LogP contribution in [0.25, 0.3) is 16.3 Å². The first kappa shape index (κ1) is 18.8. The quantitative estimate of drug-likeness (QED) is 0.712. The monoisotopic (exact) mass is 382 g/mol. The third kappa shape index (κ3) is 4.43. The Morgan fingerprint density at radius 2 is 1.96 bits per heavy atom. The van der Waals surface area contributed by atoms with Gasteiger partial charge in [-0.3, -0.25) is 9.59 Å². The summed E-state index contributed by atoms with van der Waals surface area (Å²) in [4.78, 5) is 26.4. The van der Waals surface area contributed by atoms with Crippen LogP contribution in [-0.4, -0.2) is 39.6 Å². The van der Waals surface area contributed by atoms with E-state index in [1.165, 1.54) is 6.92 Å². The van der Waals surface area contributed by atoms with Gasteiger partial charge >= 0.3 is 0 Å². The van der Waals surface area contributed by atoms with Crippen molar-refractivity contribution in [3.63, 3.8) is 0 Å². The maximum absolute atomic E-state index is 12.5. The normalized spacial score (nSPS) is 11.8. The van der Waals surface area contributed by atoms with E-state index in [4.69, 9.17) is 5.10 Å². The number of nitrogens with zero attached hydrogens (tertiary/aromatic N) is 3. The summed E-state index contributed by atoms with van der Waals surface area (Å²) >= 11 is 1.61. The van der Waals surface area contributed by atoms with E-state index in [0.29, 0.717) is 6.54 Å². The summed E-state index contributed by atoms with van der Waals surface area (Å²) in [5, 5.41) is 9.39. The lowest BCUT2D eigenvalue weighted by atomic mass is 10.2. The Morgan fingerprint density at radius 1 is 1.22 bits per heavy atom. The zero-order valence-electron chi connectivity index (χ0n) is 15.5. The van der Waals surface area contributed by atoms with Gasteiger partial charge in [0.2, 0.25) is 11.8 Å². The van der Waals surface area contributed by atoms with Crippen molar-refractivity contribution in [2.75, 3.05) is 7.05 Å². The molecule has 3 aromatic rings. The zero-order chi connectivity index (χ0) is 19.4. The Labute approximate surface area is 162 Å². The summed E-state index contributed by atoms with van der Waals surface area (Å²) in [5.41, 5.74) is 2.77. The van der Waals surface area contributed by atoms with Crippen molar-refractivity contribution in [3.8, 4) is 16.3 Å². The van der Waals surface area contributed by atoms with E-state index < -0.39 is 6.04 Å². The van der Waals surface area contributed by atoms with Crippen LogP contribution >= 0.6 is 11.3 Å². The van der Waals surface area contributed by atoms with E-state index in [2.05, 4.69) is 5.32 Å². The van der Waals surface area contributed by atoms with Gasteiger partial charge in [0.05, 0.1) is 10.6 Å². The van der Waals surface area contributed by atoms with Gasteiger partial charge < -0.3 is 10.2 Å². The number of para-hydroxylation sites is 1. The second kappa shape index (κ2) is 8.18. The molecular formula is C20H22N4O2S. The second-order valence-electron chi connectivity index (χ2n) is 6.38. The van der Waals surface area contributed by atoms with Gasteiger partial charge in [0.1, 0.15) is 11.7 Å². The molecular weight excluding hydrogens is 360 g/mol. The van der Waals surface area contributed by atoms with Gasteiger partial charge in [0.25, 0.3) is 0 Å². The number of carbonyl (C=O) groups is 2. The minimum Gasteiger partial charge on any atom is -0.345 e. The van der Waals surface area contributed by atoms with Crippen LogP contribution in [0.15, 0.2) is 54.0 Å². The highest BCUT2D eigenvalue weighted by atomic mass is 32.1. The van der Waals surface area contributed by atoms with Gasteiger partial charge in [-0.1, -0.05) is 24.3 Å². The molecule has 0 saturated carbocycles. The Balaban J connectivity index is 1.88. The fourth-order valence-electron chi connectivity index (χ4n) is 2.89. The smallest absolute Gasteiger partial charge is 0.244 e. The van der Waals surface area contributed by atoms with E-state index >= 15 is 0 Å². The van der Waals surface area contributed by atoms with Gasteiger partial charge in [-0.05, 0) is 30.5 Å². The molecule has 0 saturated heterocycles. The average Bonchev–Trinajstić information content (AvgIpc) is 3.30. The fourth-order valence-corrected chi connectivity index (χ4v) is 3.63. The molecule has 0 spiro atoms. The van der Waals surface area contributed by atoms with Crippen LogP contribution in [0, 0.1) is 0 Å². The SMILES string of the molecule is CC(=O)NC(C)C(=O)N(C)Cc1cn(-c2ccccc2)nc1-c1cccs1. The largest absolute Gasteiger partial charge is 0.345 e. The molecule has 27 heavy (non-hydrogen) atoms.